The average Bonchev–Trinajstić information content (AvgIpc) is 2.70. The van der Waals surface area contributed by atoms with Gasteiger partial charge in [-0.3, -0.25) is 4.57 Å². The van der Waals surface area contributed by atoms with Crippen LogP contribution in [0.25, 0.3) is 0 Å². The molecule has 0 N–H and O–H groups in total. The highest BCUT2D eigenvalue weighted by Crippen LogP contribution is 2.27. The maximum absolute atomic E-state index is 11.8. The summed E-state index contributed by atoms with van der Waals surface area (Å²) in [6.45, 7) is 0.195. The van der Waals surface area contributed by atoms with Crippen molar-refractivity contribution >= 4 is 20.2 Å². The molecular formula is C18H19O7P. The van der Waals surface area contributed by atoms with E-state index in [0.29, 0.717) is 11.1 Å². The van der Waals surface area contributed by atoms with Crippen LogP contribution in [0.2, 0.25) is 0 Å². The van der Waals surface area contributed by atoms with Crippen molar-refractivity contribution in [3.63, 3.8) is 0 Å². The van der Waals surface area contributed by atoms with E-state index in [2.05, 4.69) is 9.47 Å². The van der Waals surface area contributed by atoms with Gasteiger partial charge in [0.25, 0.3) is 0 Å². The maximum Gasteiger partial charge on any atom is 0.337 e. The number of hydrogen-bond donors (Lipinski definition) is 0. The van der Waals surface area contributed by atoms with E-state index in [1.807, 2.05) is 0 Å². The van der Waals surface area contributed by atoms with E-state index in [4.69, 9.17) is 9.05 Å². The molecule has 0 spiro atoms. The van der Waals surface area contributed by atoms with Gasteiger partial charge in [-0.2, -0.15) is 0 Å². The van der Waals surface area contributed by atoms with Gasteiger partial charge in [0.2, 0.25) is 0 Å². The summed E-state index contributed by atoms with van der Waals surface area (Å²) in [7, 11) is -0.0567. The molecule has 0 saturated carbocycles. The van der Waals surface area contributed by atoms with Crippen LogP contribution in [0.3, 0.4) is 0 Å². The Morgan fingerprint density at radius 3 is 1.38 bits per heavy atom. The topological polar surface area (TPSA) is 88.1 Å². The first-order chi connectivity index (χ1) is 12.5. The first-order valence-electron chi connectivity index (χ1n) is 7.67. The second-order valence-corrected chi connectivity index (χ2v) is 6.28. The molecule has 0 fully saturated rings. The smallest absolute Gasteiger partial charge is 0.337 e. The Kier molecular flexibility index (Phi) is 7.53. The second kappa shape index (κ2) is 9.87. The van der Waals surface area contributed by atoms with Crippen molar-refractivity contribution < 1.29 is 32.7 Å². The zero-order chi connectivity index (χ0) is 18.9. The van der Waals surface area contributed by atoms with Crippen molar-refractivity contribution in [2.45, 2.75) is 13.2 Å². The molecule has 0 heterocycles. The van der Waals surface area contributed by atoms with E-state index in [1.54, 1.807) is 48.5 Å². The van der Waals surface area contributed by atoms with Gasteiger partial charge in [-0.05, 0) is 35.4 Å². The van der Waals surface area contributed by atoms with Gasteiger partial charge in [-0.15, -0.1) is 0 Å². The Labute approximate surface area is 151 Å². The molecule has 26 heavy (non-hydrogen) atoms. The minimum Gasteiger partial charge on any atom is -0.465 e. The third kappa shape index (κ3) is 5.81. The molecule has 2 aromatic rings. The number of carbonyl (C=O) groups excluding carboxylic acids is 2. The van der Waals surface area contributed by atoms with Gasteiger partial charge in [0, 0.05) is 0 Å². The van der Waals surface area contributed by atoms with E-state index in [0.717, 1.165) is 11.1 Å². The molecule has 138 valence electrons. The van der Waals surface area contributed by atoms with Crippen LogP contribution in [0.4, 0.5) is 0 Å². The Morgan fingerprint density at radius 1 is 0.731 bits per heavy atom. The third-order valence-electron chi connectivity index (χ3n) is 3.46. The highest BCUT2D eigenvalue weighted by molar-refractivity contribution is 7.33. The molecule has 0 bridgehead atoms. The minimum atomic E-state index is -2.68. The summed E-state index contributed by atoms with van der Waals surface area (Å²) in [5.41, 5.74) is 2.36. The third-order valence-corrected chi connectivity index (χ3v) is 4.22. The van der Waals surface area contributed by atoms with E-state index >= 15 is 0 Å². The summed E-state index contributed by atoms with van der Waals surface area (Å²) in [5.74, 6) is -0.847. The largest absolute Gasteiger partial charge is 0.465 e. The Balaban J connectivity index is 1.78. The van der Waals surface area contributed by atoms with E-state index < -0.39 is 20.2 Å². The summed E-state index contributed by atoms with van der Waals surface area (Å²) in [5, 5.41) is 0. The molecule has 0 aromatic heterocycles. The maximum atomic E-state index is 11.8. The number of rotatable bonds is 8. The van der Waals surface area contributed by atoms with Crippen LogP contribution in [-0.2, 0) is 36.3 Å². The van der Waals surface area contributed by atoms with E-state index in [-0.39, 0.29) is 13.2 Å². The molecule has 0 amide bonds. The van der Waals surface area contributed by atoms with Crippen LogP contribution in [0.5, 0.6) is 0 Å². The quantitative estimate of drug-likeness (QED) is 0.514. The van der Waals surface area contributed by atoms with Crippen molar-refractivity contribution in [2.75, 3.05) is 14.2 Å². The predicted octanol–water partition coefficient (Wildman–Crippen LogP) is 3.38. The molecule has 0 aliphatic carbocycles. The van der Waals surface area contributed by atoms with Crippen molar-refractivity contribution in [3.05, 3.63) is 70.8 Å². The second-order valence-electron chi connectivity index (χ2n) is 5.20. The molecule has 8 heteroatoms. The first-order valence-corrected chi connectivity index (χ1v) is 8.90. The molecule has 2 rings (SSSR count). The standard InChI is InChI=1S/C18H19O7P/c1-22-17(19)15-7-3-13(4-8-15)11-24-26(21)25-12-14-5-9-16(10-6-14)18(20)23-2/h3-10,26H,11-12H2,1-2H3. The zero-order valence-electron chi connectivity index (χ0n) is 14.4. The highest BCUT2D eigenvalue weighted by atomic mass is 31.1. The van der Waals surface area contributed by atoms with Crippen LogP contribution in [0.15, 0.2) is 48.5 Å². The van der Waals surface area contributed by atoms with Crippen molar-refractivity contribution in [3.8, 4) is 0 Å². The number of carbonyl (C=O) groups is 2. The minimum absolute atomic E-state index is 0.0977. The fourth-order valence-electron chi connectivity index (χ4n) is 2.04. The number of ether oxygens (including phenoxy) is 2. The fraction of sp³-hybridized carbons (Fsp3) is 0.222. The molecule has 0 aliphatic heterocycles. The number of benzene rings is 2. The molecule has 0 aliphatic rings. The van der Waals surface area contributed by atoms with Gasteiger partial charge in [0.1, 0.15) is 0 Å². The monoisotopic (exact) mass is 378 g/mol. The Morgan fingerprint density at radius 2 is 1.08 bits per heavy atom. The van der Waals surface area contributed by atoms with Crippen molar-refractivity contribution in [1.29, 1.82) is 0 Å². The Hall–Kier alpha value is -2.47. The number of esters is 2. The van der Waals surface area contributed by atoms with Crippen molar-refractivity contribution in [1.82, 2.24) is 0 Å². The summed E-state index contributed by atoms with van der Waals surface area (Å²) in [6, 6.07) is 13.2. The van der Waals surface area contributed by atoms with Crippen LogP contribution >= 0.6 is 8.25 Å². The van der Waals surface area contributed by atoms with Gasteiger partial charge in [0.05, 0.1) is 38.6 Å². The molecule has 7 nitrogen and oxygen atoms in total. The van der Waals surface area contributed by atoms with E-state index in [1.165, 1.54) is 14.2 Å². The number of hydrogen-bond acceptors (Lipinski definition) is 7. The first kappa shape index (κ1) is 19.8. The normalized spacial score (nSPS) is 10.6. The summed E-state index contributed by atoms with van der Waals surface area (Å²) >= 11 is 0. The summed E-state index contributed by atoms with van der Waals surface area (Å²) < 4.78 is 31.4. The van der Waals surface area contributed by atoms with Crippen molar-refractivity contribution in [2.24, 2.45) is 0 Å². The van der Waals surface area contributed by atoms with Crippen LogP contribution in [-0.4, -0.2) is 26.2 Å². The van der Waals surface area contributed by atoms with Gasteiger partial charge in [-0.25, -0.2) is 9.59 Å². The lowest BCUT2D eigenvalue weighted by Gasteiger charge is -2.07. The molecule has 0 unspecified atom stereocenters. The molecule has 0 atom stereocenters. The lowest BCUT2D eigenvalue weighted by atomic mass is 10.1. The fourth-order valence-corrected chi connectivity index (χ4v) is 2.69. The predicted molar refractivity (Wildman–Crippen MR) is 94.1 cm³/mol. The summed E-state index contributed by atoms with van der Waals surface area (Å²) in [4.78, 5) is 22.7. The SMILES string of the molecule is COC(=O)c1ccc(CO[PH](=O)OCc2ccc(C(=O)OC)cc2)cc1. The zero-order valence-corrected chi connectivity index (χ0v) is 15.4. The van der Waals surface area contributed by atoms with Gasteiger partial charge >= 0.3 is 20.2 Å². The molecule has 0 radical (unpaired) electrons. The highest BCUT2D eigenvalue weighted by Gasteiger charge is 2.07. The van der Waals surface area contributed by atoms with Crippen LogP contribution in [0.1, 0.15) is 31.8 Å². The van der Waals surface area contributed by atoms with E-state index in [9.17, 15) is 14.2 Å². The van der Waals surface area contributed by atoms with Gasteiger partial charge in [-0.1, -0.05) is 24.3 Å². The van der Waals surface area contributed by atoms with Crippen LogP contribution in [0, 0.1) is 0 Å². The average molecular weight is 378 g/mol. The lowest BCUT2D eigenvalue weighted by molar-refractivity contribution is 0.0592. The lowest BCUT2D eigenvalue weighted by Crippen LogP contribution is -2.01. The van der Waals surface area contributed by atoms with Gasteiger partial charge < -0.3 is 18.5 Å². The molecule has 2 aromatic carbocycles. The molecular weight excluding hydrogens is 359 g/mol. The van der Waals surface area contributed by atoms with Gasteiger partial charge in [0.15, 0.2) is 0 Å². The Bertz CT molecular complexity index is 704. The van der Waals surface area contributed by atoms with Crippen LogP contribution < -0.4 is 0 Å². The number of methoxy groups -OCH3 is 2. The summed E-state index contributed by atoms with van der Waals surface area (Å²) in [6.07, 6.45) is 0. The molecule has 0 saturated heterocycles.